The first-order valence-corrected chi connectivity index (χ1v) is 28.1. The van der Waals surface area contributed by atoms with Crippen LogP contribution in [0.4, 0.5) is 22.7 Å². The van der Waals surface area contributed by atoms with Crippen LogP contribution in [0.1, 0.15) is 90.2 Å². The average Bonchev–Trinajstić information content (AvgIpc) is 3.28. The number of thioether (sulfide) groups is 2. The highest BCUT2D eigenvalue weighted by molar-refractivity contribution is 7.99. The number of sulfonamides is 2. The summed E-state index contributed by atoms with van der Waals surface area (Å²) >= 11 is 9.55. The minimum absolute atomic E-state index is 0.114. The Hall–Kier alpha value is -4.61. The van der Waals surface area contributed by atoms with Crippen LogP contribution in [0.25, 0.3) is 0 Å². The second kappa shape index (κ2) is 24.6. The monoisotopic (exact) mass is 1010 g/mol. The summed E-state index contributed by atoms with van der Waals surface area (Å²) in [6, 6.07) is 23.2. The van der Waals surface area contributed by atoms with E-state index in [0.717, 1.165) is 65.3 Å². The zero-order chi connectivity index (χ0) is 48.9. The summed E-state index contributed by atoms with van der Waals surface area (Å²) < 4.78 is 53.6. The van der Waals surface area contributed by atoms with Gasteiger partial charge in [-0.2, -0.15) is 0 Å². The van der Waals surface area contributed by atoms with Crippen LogP contribution < -0.4 is 21.3 Å². The van der Waals surface area contributed by atoms with Crippen LogP contribution in [0.3, 0.4) is 0 Å². The van der Waals surface area contributed by atoms with E-state index in [2.05, 4.69) is 49.0 Å². The molecular formula is C50H65ClN6O6S4. The molecule has 0 saturated carbocycles. The van der Waals surface area contributed by atoms with E-state index in [4.69, 9.17) is 11.6 Å². The van der Waals surface area contributed by atoms with Crippen molar-refractivity contribution in [2.75, 3.05) is 46.9 Å². The Morgan fingerprint density at radius 3 is 1.55 bits per heavy atom. The molecule has 0 saturated heterocycles. The summed E-state index contributed by atoms with van der Waals surface area (Å²) in [5.74, 6) is 2.83. The number of anilines is 4. The molecule has 0 spiro atoms. The third kappa shape index (κ3) is 14.2. The van der Waals surface area contributed by atoms with Crippen molar-refractivity contribution in [1.29, 1.82) is 0 Å². The molecule has 0 bridgehead atoms. The molecule has 0 radical (unpaired) electrons. The van der Waals surface area contributed by atoms with Crippen LogP contribution in [0, 0.1) is 25.7 Å². The molecule has 4 N–H and O–H groups in total. The summed E-state index contributed by atoms with van der Waals surface area (Å²) in [6.45, 7) is 12.8. The van der Waals surface area contributed by atoms with Crippen molar-refractivity contribution >= 4 is 89.7 Å². The van der Waals surface area contributed by atoms with Crippen LogP contribution in [0.2, 0.25) is 5.02 Å². The minimum atomic E-state index is -3.79. The number of carbonyl (C=O) groups is 2. The maximum Gasteiger partial charge on any atom is 0.267 e. The number of aryl methyl sites for hydroxylation is 2. The van der Waals surface area contributed by atoms with Gasteiger partial charge in [-0.1, -0.05) is 102 Å². The molecule has 6 rings (SSSR count). The summed E-state index contributed by atoms with van der Waals surface area (Å²) in [5, 5.41) is 12.4. The van der Waals surface area contributed by atoms with Gasteiger partial charge in [-0.25, -0.2) is 16.8 Å². The zero-order valence-corrected chi connectivity index (χ0v) is 43.8. The first-order valence-electron chi connectivity index (χ1n) is 22.8. The Balaban J connectivity index is 0.000000251. The molecule has 0 aromatic heterocycles. The van der Waals surface area contributed by atoms with Crippen molar-refractivity contribution in [3.63, 3.8) is 0 Å². The van der Waals surface area contributed by atoms with E-state index in [9.17, 15) is 26.4 Å². The molecule has 4 aromatic carbocycles. The number of nitrogens with zero attached hydrogens (tertiary/aromatic N) is 2. The average molecular weight is 1010 g/mol. The number of para-hydroxylation sites is 1. The quantitative estimate of drug-likeness (QED) is 0.0559. The van der Waals surface area contributed by atoms with Crippen LogP contribution in [-0.2, 0) is 29.6 Å². The number of unbranched alkanes of at least 4 members (excludes halogenated alkanes) is 2. The first-order chi connectivity index (χ1) is 31.9. The number of carbonyl (C=O) groups excluding carboxylic acids is 2. The third-order valence-electron chi connectivity index (χ3n) is 11.7. The lowest BCUT2D eigenvalue weighted by molar-refractivity contribution is -0.112. The molecule has 2 aliphatic heterocycles. The molecule has 0 fully saturated rings. The molecule has 2 heterocycles. The maximum atomic E-state index is 12.9. The summed E-state index contributed by atoms with van der Waals surface area (Å²) in [5.41, 5.74) is 4.35. The second-order valence-corrected chi connectivity index (χ2v) is 23.3. The van der Waals surface area contributed by atoms with Gasteiger partial charge in [0.1, 0.15) is 21.4 Å². The van der Waals surface area contributed by atoms with Crippen LogP contribution in [-0.4, -0.2) is 62.9 Å². The molecule has 2 unspecified atom stereocenters. The maximum absolute atomic E-state index is 12.9. The van der Waals surface area contributed by atoms with E-state index in [1.54, 1.807) is 47.8 Å². The molecule has 2 amide bonds. The molecule has 362 valence electrons. The highest BCUT2D eigenvalue weighted by Crippen LogP contribution is 2.37. The fourth-order valence-electron chi connectivity index (χ4n) is 7.39. The number of nitrogens with one attached hydrogen (secondary N) is 4. The van der Waals surface area contributed by atoms with Crippen molar-refractivity contribution in [2.24, 2.45) is 11.8 Å². The SMILES string of the molecule is CCCCC(CC)CSc1ccc(C)cc1NC(=O)/C=C1/Nc2cc(Cl)ccc2S(=O)(=O)N1C.CCCCC(CC)CSc1ccc(C)cc1NC(=O)/C=C1/Nc2ccccc2S(=O)(=O)N1C. The normalized spacial score (nSPS) is 16.7. The van der Waals surface area contributed by atoms with Crippen molar-refractivity contribution in [2.45, 2.75) is 112 Å². The topological polar surface area (TPSA) is 157 Å². The smallest absolute Gasteiger partial charge is 0.267 e. The summed E-state index contributed by atoms with van der Waals surface area (Å²) in [7, 11) is -4.65. The van der Waals surface area contributed by atoms with Crippen molar-refractivity contribution in [3.05, 3.63) is 119 Å². The van der Waals surface area contributed by atoms with E-state index < -0.39 is 26.0 Å². The van der Waals surface area contributed by atoms with Crippen LogP contribution in [0.15, 0.2) is 122 Å². The Kier molecular flexibility index (Phi) is 19.6. The van der Waals surface area contributed by atoms with Gasteiger partial charge >= 0.3 is 0 Å². The predicted molar refractivity (Wildman–Crippen MR) is 279 cm³/mol. The fraction of sp³-hybridized carbons (Fsp3) is 0.400. The Morgan fingerprint density at radius 2 is 1.09 bits per heavy atom. The number of benzene rings is 4. The molecule has 2 aliphatic rings. The molecule has 0 aliphatic carbocycles. The number of fused-ring (bicyclic) bond motifs is 2. The minimum Gasteiger partial charge on any atom is -0.340 e. The van der Waals surface area contributed by atoms with Crippen LogP contribution in [0.5, 0.6) is 0 Å². The highest BCUT2D eigenvalue weighted by Gasteiger charge is 2.33. The number of halogens is 1. The largest absolute Gasteiger partial charge is 0.340 e. The predicted octanol–water partition coefficient (Wildman–Crippen LogP) is 12.3. The first kappa shape index (κ1) is 53.3. The number of hydrogen-bond donors (Lipinski definition) is 4. The van der Waals surface area contributed by atoms with Crippen molar-refractivity contribution in [3.8, 4) is 0 Å². The van der Waals surface area contributed by atoms with E-state index in [1.165, 1.54) is 83.0 Å². The molecule has 4 aromatic rings. The number of rotatable bonds is 18. The lowest BCUT2D eigenvalue weighted by Crippen LogP contribution is -2.35. The van der Waals surface area contributed by atoms with E-state index in [1.807, 2.05) is 50.2 Å². The summed E-state index contributed by atoms with van der Waals surface area (Å²) in [4.78, 5) is 28.1. The van der Waals surface area contributed by atoms with Gasteiger partial charge in [0.2, 0.25) is 0 Å². The molecule has 2 atom stereocenters. The van der Waals surface area contributed by atoms with Gasteiger partial charge in [0.05, 0.1) is 22.7 Å². The third-order valence-corrected chi connectivity index (χ3v) is 18.2. The van der Waals surface area contributed by atoms with Gasteiger partial charge in [0, 0.05) is 52.6 Å². The van der Waals surface area contributed by atoms with Gasteiger partial charge < -0.3 is 21.3 Å². The van der Waals surface area contributed by atoms with E-state index in [0.29, 0.717) is 28.2 Å². The number of amides is 2. The molecule has 17 heteroatoms. The molecular weight excluding hydrogens is 944 g/mol. The van der Waals surface area contributed by atoms with Gasteiger partial charge in [0.25, 0.3) is 31.9 Å². The zero-order valence-electron chi connectivity index (χ0n) is 39.7. The standard InChI is InChI=1S/C25H32ClN3O3S2.C25H33N3O3S2/c1-5-7-8-18(6-2)16-33-22-11-9-17(3)13-20(22)28-25(30)15-24-27-21-14-19(26)10-12-23(21)34(31,32)29(24)4;1-5-7-10-19(6-2)17-32-22-14-13-18(3)15-21(22)27-25(29)16-24-26-20-11-8-9-12-23(20)33(30,31)28(24)4/h9-15,18,27H,5-8,16H2,1-4H3,(H,28,30);8-9,11-16,19,26H,5-7,10,17H2,1-4H3,(H,27,29)/b24-15-;24-16-. The van der Waals surface area contributed by atoms with Gasteiger partial charge in [0.15, 0.2) is 0 Å². The Morgan fingerprint density at radius 1 is 0.642 bits per heavy atom. The highest BCUT2D eigenvalue weighted by atomic mass is 35.5. The van der Waals surface area contributed by atoms with Gasteiger partial charge in [-0.15, -0.1) is 23.5 Å². The Bertz CT molecular complexity index is 2680. The second-order valence-electron chi connectivity index (χ2n) is 16.8. The fourth-order valence-corrected chi connectivity index (χ4v) is 12.6. The van der Waals surface area contributed by atoms with Crippen molar-refractivity contribution < 1.29 is 26.4 Å². The number of hydrogen-bond acceptors (Lipinski definition) is 10. The lowest BCUT2D eigenvalue weighted by Gasteiger charge is -2.30. The van der Waals surface area contributed by atoms with Crippen molar-refractivity contribution in [1.82, 2.24) is 8.61 Å². The van der Waals surface area contributed by atoms with Gasteiger partial charge in [-0.05, 0) is 104 Å². The van der Waals surface area contributed by atoms with E-state index in [-0.39, 0.29) is 27.3 Å². The van der Waals surface area contributed by atoms with E-state index >= 15 is 0 Å². The van der Waals surface area contributed by atoms with Gasteiger partial charge in [-0.3, -0.25) is 18.2 Å². The summed E-state index contributed by atoms with van der Waals surface area (Å²) in [6.07, 6.45) is 12.1. The Labute approximate surface area is 412 Å². The molecule has 12 nitrogen and oxygen atoms in total. The molecule has 67 heavy (non-hydrogen) atoms. The van der Waals surface area contributed by atoms with Crippen LogP contribution >= 0.6 is 35.1 Å². The lowest BCUT2D eigenvalue weighted by atomic mass is 10.0.